The van der Waals surface area contributed by atoms with Crippen LogP contribution in [0.5, 0.6) is 0 Å². The van der Waals surface area contributed by atoms with E-state index in [9.17, 15) is 4.79 Å². The number of carbonyl (C=O) groups is 1. The molecule has 2 N–H and O–H groups in total. The predicted molar refractivity (Wildman–Crippen MR) is 86.6 cm³/mol. The maximum atomic E-state index is 12.3. The van der Waals surface area contributed by atoms with Gasteiger partial charge in [0.15, 0.2) is 0 Å². The monoisotopic (exact) mass is 316 g/mol. The highest BCUT2D eigenvalue weighted by atomic mass is 32.2. The Balaban J connectivity index is 1.54. The molecule has 0 saturated heterocycles. The molecule has 1 atom stereocenters. The molecule has 116 valence electrons. The topological polar surface area (TPSA) is 70.7 Å². The minimum Gasteiger partial charge on any atom is -0.351 e. The molecule has 1 aromatic heterocycles. The number of thioether (sulfide) groups is 1. The lowest BCUT2D eigenvalue weighted by Crippen LogP contribution is -2.31. The largest absolute Gasteiger partial charge is 0.351 e. The van der Waals surface area contributed by atoms with Crippen molar-refractivity contribution in [3.05, 3.63) is 41.7 Å². The molecule has 6 heteroatoms. The molecule has 5 nitrogen and oxygen atoms in total. The molecular weight excluding hydrogens is 296 g/mol. The number of rotatable bonds is 7. The second-order valence-electron chi connectivity index (χ2n) is 5.50. The van der Waals surface area contributed by atoms with Gasteiger partial charge in [-0.1, -0.05) is 49.0 Å². The van der Waals surface area contributed by atoms with E-state index < -0.39 is 0 Å². The molecule has 0 spiro atoms. The van der Waals surface area contributed by atoms with Gasteiger partial charge in [-0.25, -0.2) is 4.98 Å². The van der Waals surface area contributed by atoms with Gasteiger partial charge in [-0.15, -0.1) is 5.10 Å². The van der Waals surface area contributed by atoms with Crippen molar-refractivity contribution in [3.8, 4) is 0 Å². The highest BCUT2D eigenvalue weighted by Crippen LogP contribution is 2.38. The van der Waals surface area contributed by atoms with Crippen LogP contribution in [0.4, 0.5) is 0 Å². The Morgan fingerprint density at radius 3 is 2.86 bits per heavy atom. The number of nitrogens with one attached hydrogen (secondary N) is 2. The summed E-state index contributed by atoms with van der Waals surface area (Å²) < 4.78 is 0. The average molecular weight is 316 g/mol. The fourth-order valence-corrected chi connectivity index (χ4v) is 3.06. The quantitative estimate of drug-likeness (QED) is 0.771. The van der Waals surface area contributed by atoms with E-state index in [1.54, 1.807) is 0 Å². The van der Waals surface area contributed by atoms with E-state index in [4.69, 9.17) is 0 Å². The first kappa shape index (κ1) is 15.1. The molecule has 2 aromatic rings. The van der Waals surface area contributed by atoms with Gasteiger partial charge >= 0.3 is 0 Å². The van der Waals surface area contributed by atoms with Crippen LogP contribution in [0, 0.1) is 0 Å². The second-order valence-corrected chi connectivity index (χ2v) is 6.67. The van der Waals surface area contributed by atoms with Crippen LogP contribution in [0.25, 0.3) is 0 Å². The van der Waals surface area contributed by atoms with Crippen molar-refractivity contribution in [1.82, 2.24) is 20.5 Å². The minimum atomic E-state index is -0.161. The third kappa shape index (κ3) is 3.88. The van der Waals surface area contributed by atoms with Crippen LogP contribution in [-0.2, 0) is 11.3 Å². The number of hydrogen-bond donors (Lipinski definition) is 2. The van der Waals surface area contributed by atoms with E-state index in [0.29, 0.717) is 17.6 Å². The molecule has 22 heavy (non-hydrogen) atoms. The second kappa shape index (κ2) is 6.96. The molecule has 1 fully saturated rings. The zero-order valence-electron chi connectivity index (χ0n) is 12.6. The molecule has 3 rings (SSSR count). The summed E-state index contributed by atoms with van der Waals surface area (Å²) in [5, 5.41) is 10.7. The molecule has 1 aromatic carbocycles. The van der Waals surface area contributed by atoms with Gasteiger partial charge in [0.05, 0.1) is 5.25 Å². The number of aromatic amines is 1. The summed E-state index contributed by atoms with van der Waals surface area (Å²) in [7, 11) is 0. The number of hydrogen-bond acceptors (Lipinski definition) is 4. The van der Waals surface area contributed by atoms with Crippen molar-refractivity contribution in [1.29, 1.82) is 0 Å². The van der Waals surface area contributed by atoms with Crippen LogP contribution >= 0.6 is 11.8 Å². The van der Waals surface area contributed by atoms with Crippen LogP contribution in [0.3, 0.4) is 0 Å². The summed E-state index contributed by atoms with van der Waals surface area (Å²) in [4.78, 5) is 16.8. The van der Waals surface area contributed by atoms with E-state index in [0.717, 1.165) is 17.8 Å². The third-order valence-corrected chi connectivity index (χ3v) is 4.89. The standard InChI is InChI=1S/C16H20N4OS/c1-2-13(15(21)17-10-11-6-4-3-5-7-11)22-16-18-14(19-20-16)12-8-9-12/h3-7,12-13H,2,8-10H2,1H3,(H,17,21)(H,18,19,20). The average Bonchev–Trinajstić information content (AvgIpc) is 3.30. The Kier molecular flexibility index (Phi) is 4.77. The number of aromatic nitrogens is 3. The van der Waals surface area contributed by atoms with Gasteiger partial charge in [0.2, 0.25) is 11.1 Å². The lowest BCUT2D eigenvalue weighted by Gasteiger charge is -2.12. The third-order valence-electron chi connectivity index (χ3n) is 3.67. The van der Waals surface area contributed by atoms with Gasteiger partial charge < -0.3 is 5.32 Å². The van der Waals surface area contributed by atoms with Crippen molar-refractivity contribution in [2.45, 2.75) is 49.1 Å². The van der Waals surface area contributed by atoms with Crippen molar-refractivity contribution in [2.75, 3.05) is 0 Å². The van der Waals surface area contributed by atoms with Crippen LogP contribution < -0.4 is 5.32 Å². The number of carbonyl (C=O) groups excluding carboxylic acids is 1. The highest BCUT2D eigenvalue weighted by molar-refractivity contribution is 8.00. The normalized spacial score (nSPS) is 15.5. The van der Waals surface area contributed by atoms with Gasteiger partial charge in [-0.05, 0) is 24.8 Å². The molecule has 0 radical (unpaired) electrons. The van der Waals surface area contributed by atoms with Gasteiger partial charge in [-0.2, -0.15) is 0 Å². The molecule has 0 bridgehead atoms. The Morgan fingerprint density at radius 1 is 1.41 bits per heavy atom. The van der Waals surface area contributed by atoms with E-state index in [-0.39, 0.29) is 11.2 Å². The van der Waals surface area contributed by atoms with E-state index in [1.165, 1.54) is 24.6 Å². The summed E-state index contributed by atoms with van der Waals surface area (Å²) >= 11 is 1.43. The summed E-state index contributed by atoms with van der Waals surface area (Å²) in [6.45, 7) is 2.56. The molecule has 1 heterocycles. The van der Waals surface area contributed by atoms with Crippen molar-refractivity contribution in [2.24, 2.45) is 0 Å². The zero-order chi connectivity index (χ0) is 15.4. The Morgan fingerprint density at radius 2 is 2.18 bits per heavy atom. The fraction of sp³-hybridized carbons (Fsp3) is 0.438. The van der Waals surface area contributed by atoms with Crippen LogP contribution in [0.1, 0.15) is 43.5 Å². The molecule has 1 unspecified atom stereocenters. The molecule has 1 amide bonds. The predicted octanol–water partition coefficient (Wildman–Crippen LogP) is 2.87. The number of benzene rings is 1. The van der Waals surface area contributed by atoms with Crippen LogP contribution in [-0.4, -0.2) is 26.3 Å². The van der Waals surface area contributed by atoms with Crippen LogP contribution in [0.2, 0.25) is 0 Å². The molecule has 0 aliphatic heterocycles. The number of H-pyrrole nitrogens is 1. The van der Waals surface area contributed by atoms with E-state index >= 15 is 0 Å². The Hall–Kier alpha value is -1.82. The Labute approximate surface area is 134 Å². The van der Waals surface area contributed by atoms with Gasteiger partial charge in [0.1, 0.15) is 5.82 Å². The minimum absolute atomic E-state index is 0.0362. The van der Waals surface area contributed by atoms with Gasteiger partial charge in [0, 0.05) is 12.5 Å². The smallest absolute Gasteiger partial charge is 0.233 e. The lowest BCUT2D eigenvalue weighted by atomic mass is 10.2. The summed E-state index contributed by atoms with van der Waals surface area (Å²) in [6.07, 6.45) is 3.13. The number of amides is 1. The first-order valence-electron chi connectivity index (χ1n) is 7.67. The maximum Gasteiger partial charge on any atom is 0.233 e. The summed E-state index contributed by atoms with van der Waals surface area (Å²) in [5.74, 6) is 1.55. The molecular formula is C16H20N4OS. The van der Waals surface area contributed by atoms with Gasteiger partial charge in [0.25, 0.3) is 0 Å². The van der Waals surface area contributed by atoms with Crippen molar-refractivity contribution in [3.63, 3.8) is 0 Å². The van der Waals surface area contributed by atoms with Crippen LogP contribution in [0.15, 0.2) is 35.5 Å². The molecule has 1 saturated carbocycles. The summed E-state index contributed by atoms with van der Waals surface area (Å²) in [5.41, 5.74) is 1.10. The van der Waals surface area contributed by atoms with Gasteiger partial charge in [-0.3, -0.25) is 9.89 Å². The SMILES string of the molecule is CCC(Sc1n[nH]c(C2CC2)n1)C(=O)NCc1ccccc1. The van der Waals surface area contributed by atoms with E-state index in [1.807, 2.05) is 37.3 Å². The molecule has 1 aliphatic rings. The van der Waals surface area contributed by atoms with Crippen molar-refractivity contribution < 1.29 is 4.79 Å². The lowest BCUT2D eigenvalue weighted by molar-refractivity contribution is -0.120. The fourth-order valence-electron chi connectivity index (χ4n) is 2.20. The zero-order valence-corrected chi connectivity index (χ0v) is 13.4. The first-order chi connectivity index (χ1) is 10.8. The summed E-state index contributed by atoms with van der Waals surface area (Å²) in [6, 6.07) is 9.93. The van der Waals surface area contributed by atoms with Crippen molar-refractivity contribution >= 4 is 17.7 Å². The maximum absolute atomic E-state index is 12.3. The highest BCUT2D eigenvalue weighted by Gasteiger charge is 2.28. The first-order valence-corrected chi connectivity index (χ1v) is 8.55. The molecule has 1 aliphatic carbocycles. The van der Waals surface area contributed by atoms with E-state index in [2.05, 4.69) is 20.5 Å². The number of nitrogens with zero attached hydrogens (tertiary/aromatic N) is 2. The Bertz CT molecular complexity index is 624.